The van der Waals surface area contributed by atoms with Gasteiger partial charge in [-0.3, -0.25) is 0 Å². The summed E-state index contributed by atoms with van der Waals surface area (Å²) in [4.78, 5) is 11.7. The van der Waals surface area contributed by atoms with Gasteiger partial charge in [0.05, 0.1) is 0 Å². The van der Waals surface area contributed by atoms with Gasteiger partial charge < -0.3 is 0 Å². The molecule has 1 heterocycles. The van der Waals surface area contributed by atoms with Crippen LogP contribution in [0, 0.1) is 0 Å². The van der Waals surface area contributed by atoms with E-state index in [1.165, 1.54) is 6.33 Å². The zero-order valence-electron chi connectivity index (χ0n) is 7.69. The molecule has 2 rings (SSSR count). The second-order valence-corrected chi connectivity index (χ2v) is 3.75. The molecule has 76 valence electrons. The fourth-order valence-electron chi connectivity index (χ4n) is 1.18. The van der Waals surface area contributed by atoms with Crippen LogP contribution in [0.25, 0.3) is 0 Å². The molecule has 2 aromatic rings. The summed E-state index contributed by atoms with van der Waals surface area (Å²) in [6.45, 7) is 0. The number of halogens is 2. The molecule has 0 aliphatic heterocycles. The minimum atomic E-state index is 0.217. The molecule has 0 spiro atoms. The zero-order valence-corrected chi connectivity index (χ0v) is 9.20. The van der Waals surface area contributed by atoms with Gasteiger partial charge >= 0.3 is 0 Å². The van der Waals surface area contributed by atoms with Gasteiger partial charge in [-0.15, -0.1) is 0 Å². The van der Waals surface area contributed by atoms with Crippen molar-refractivity contribution >= 4 is 23.2 Å². The minimum Gasteiger partial charge on any atom is -0.221 e. The Kier molecular flexibility index (Phi) is 3.14. The van der Waals surface area contributed by atoms with Crippen LogP contribution < -0.4 is 0 Å². The first-order valence-electron chi connectivity index (χ1n) is 4.32. The topological polar surface area (TPSA) is 38.7 Å². The average Bonchev–Trinajstić information content (AvgIpc) is 2.22. The molecular formula is C10H7Cl2N3. The van der Waals surface area contributed by atoms with Crippen molar-refractivity contribution in [2.45, 2.75) is 6.42 Å². The zero-order chi connectivity index (χ0) is 10.7. The lowest BCUT2D eigenvalue weighted by atomic mass is 10.1. The van der Waals surface area contributed by atoms with Gasteiger partial charge in [0, 0.05) is 11.4 Å². The van der Waals surface area contributed by atoms with Crippen LogP contribution in [-0.2, 0) is 6.42 Å². The maximum absolute atomic E-state index is 5.78. The quantitative estimate of drug-likeness (QED) is 0.810. The number of benzene rings is 1. The second kappa shape index (κ2) is 4.55. The highest BCUT2D eigenvalue weighted by Crippen LogP contribution is 2.12. The number of nitrogens with zero attached hydrogens (tertiary/aromatic N) is 3. The van der Waals surface area contributed by atoms with Crippen molar-refractivity contribution in [3.63, 3.8) is 0 Å². The number of hydrogen-bond acceptors (Lipinski definition) is 3. The van der Waals surface area contributed by atoms with Crippen molar-refractivity contribution in [3.05, 3.63) is 52.3 Å². The molecule has 15 heavy (non-hydrogen) atoms. The molecule has 0 radical (unpaired) electrons. The fourth-order valence-corrected chi connectivity index (χ4v) is 1.44. The Bertz CT molecular complexity index is 456. The van der Waals surface area contributed by atoms with Crippen molar-refractivity contribution in [1.82, 2.24) is 15.0 Å². The Morgan fingerprint density at radius 1 is 1.00 bits per heavy atom. The van der Waals surface area contributed by atoms with E-state index >= 15 is 0 Å². The summed E-state index contributed by atoms with van der Waals surface area (Å²) in [5.41, 5.74) is 1.08. The number of rotatable bonds is 2. The molecule has 0 saturated carbocycles. The molecule has 0 N–H and O–H groups in total. The summed E-state index contributed by atoms with van der Waals surface area (Å²) in [7, 11) is 0. The van der Waals surface area contributed by atoms with Crippen molar-refractivity contribution in [3.8, 4) is 0 Å². The van der Waals surface area contributed by atoms with E-state index in [9.17, 15) is 0 Å². The number of aromatic nitrogens is 3. The van der Waals surface area contributed by atoms with Crippen molar-refractivity contribution in [1.29, 1.82) is 0 Å². The maximum Gasteiger partial charge on any atom is 0.225 e. The molecule has 3 nitrogen and oxygen atoms in total. The molecule has 0 bridgehead atoms. The van der Waals surface area contributed by atoms with Crippen LogP contribution in [0.3, 0.4) is 0 Å². The lowest BCUT2D eigenvalue weighted by molar-refractivity contribution is 0.918. The van der Waals surface area contributed by atoms with Gasteiger partial charge in [0.15, 0.2) is 0 Å². The molecule has 0 aliphatic rings. The van der Waals surface area contributed by atoms with E-state index in [4.69, 9.17) is 23.2 Å². The minimum absolute atomic E-state index is 0.217. The van der Waals surface area contributed by atoms with Crippen LogP contribution >= 0.6 is 23.2 Å². The van der Waals surface area contributed by atoms with Crippen molar-refractivity contribution in [2.75, 3.05) is 0 Å². The fraction of sp³-hybridized carbons (Fsp3) is 0.100. The molecule has 1 aromatic carbocycles. The SMILES string of the molecule is Clc1ccc(Cc2ncnc(Cl)n2)cc1. The lowest BCUT2D eigenvalue weighted by Crippen LogP contribution is -1.97. The van der Waals surface area contributed by atoms with Crippen molar-refractivity contribution in [2.24, 2.45) is 0 Å². The molecule has 5 heteroatoms. The average molecular weight is 240 g/mol. The van der Waals surface area contributed by atoms with Crippen LogP contribution in [0.4, 0.5) is 0 Å². The van der Waals surface area contributed by atoms with E-state index in [0.717, 1.165) is 5.56 Å². The van der Waals surface area contributed by atoms with Gasteiger partial charge in [0.1, 0.15) is 12.2 Å². The predicted molar refractivity (Wildman–Crippen MR) is 59.1 cm³/mol. The highest BCUT2D eigenvalue weighted by atomic mass is 35.5. The Morgan fingerprint density at radius 2 is 1.73 bits per heavy atom. The van der Waals surface area contributed by atoms with Gasteiger partial charge in [-0.25, -0.2) is 15.0 Å². The van der Waals surface area contributed by atoms with Crippen molar-refractivity contribution < 1.29 is 0 Å². The summed E-state index contributed by atoms with van der Waals surface area (Å²) in [6.07, 6.45) is 2.03. The Balaban J connectivity index is 2.18. The van der Waals surface area contributed by atoms with E-state index in [-0.39, 0.29) is 5.28 Å². The Hall–Kier alpha value is -1.19. The van der Waals surface area contributed by atoms with Crippen LogP contribution in [0.5, 0.6) is 0 Å². The van der Waals surface area contributed by atoms with Gasteiger partial charge in [-0.2, -0.15) is 0 Å². The molecule has 0 unspecified atom stereocenters. The van der Waals surface area contributed by atoms with E-state index < -0.39 is 0 Å². The van der Waals surface area contributed by atoms with E-state index in [1.54, 1.807) is 0 Å². The molecule has 1 aromatic heterocycles. The van der Waals surface area contributed by atoms with E-state index in [2.05, 4.69) is 15.0 Å². The first-order valence-corrected chi connectivity index (χ1v) is 5.07. The van der Waals surface area contributed by atoms with Gasteiger partial charge in [0.2, 0.25) is 5.28 Å². The second-order valence-electron chi connectivity index (χ2n) is 2.97. The summed E-state index contributed by atoms with van der Waals surface area (Å²) in [5.74, 6) is 0.650. The maximum atomic E-state index is 5.78. The van der Waals surface area contributed by atoms with Crippen LogP contribution in [-0.4, -0.2) is 15.0 Å². The summed E-state index contributed by atoms with van der Waals surface area (Å²) < 4.78 is 0. The summed E-state index contributed by atoms with van der Waals surface area (Å²) >= 11 is 11.4. The third kappa shape index (κ3) is 2.88. The van der Waals surface area contributed by atoms with E-state index in [0.29, 0.717) is 17.3 Å². The summed E-state index contributed by atoms with van der Waals surface area (Å²) in [5, 5.41) is 0.932. The van der Waals surface area contributed by atoms with Crippen LogP contribution in [0.15, 0.2) is 30.6 Å². The molecule has 0 fully saturated rings. The van der Waals surface area contributed by atoms with Gasteiger partial charge in [-0.1, -0.05) is 23.7 Å². The van der Waals surface area contributed by atoms with Crippen LogP contribution in [0.1, 0.15) is 11.4 Å². The molecule has 0 atom stereocenters. The molecule has 0 aliphatic carbocycles. The lowest BCUT2D eigenvalue weighted by Gasteiger charge is -2.00. The normalized spacial score (nSPS) is 10.3. The third-order valence-electron chi connectivity index (χ3n) is 1.87. The molecular weight excluding hydrogens is 233 g/mol. The largest absolute Gasteiger partial charge is 0.225 e. The summed E-state index contributed by atoms with van der Waals surface area (Å²) in [6, 6.07) is 7.53. The first kappa shape index (κ1) is 10.3. The Labute approximate surface area is 97.1 Å². The van der Waals surface area contributed by atoms with E-state index in [1.807, 2.05) is 24.3 Å². The predicted octanol–water partition coefficient (Wildman–Crippen LogP) is 2.77. The number of hydrogen-bond donors (Lipinski definition) is 0. The molecule has 0 saturated heterocycles. The molecule has 0 amide bonds. The van der Waals surface area contributed by atoms with Gasteiger partial charge in [-0.05, 0) is 29.3 Å². The van der Waals surface area contributed by atoms with Crippen LogP contribution in [0.2, 0.25) is 10.3 Å². The monoisotopic (exact) mass is 239 g/mol. The first-order chi connectivity index (χ1) is 7.24. The standard InChI is InChI=1S/C10H7Cl2N3/c11-8-3-1-7(2-4-8)5-9-13-6-14-10(12)15-9/h1-4,6H,5H2. The highest BCUT2D eigenvalue weighted by Gasteiger charge is 2.00. The van der Waals surface area contributed by atoms with Gasteiger partial charge in [0.25, 0.3) is 0 Å². The Morgan fingerprint density at radius 3 is 2.40 bits per heavy atom. The third-order valence-corrected chi connectivity index (χ3v) is 2.30. The smallest absolute Gasteiger partial charge is 0.221 e. The highest BCUT2D eigenvalue weighted by molar-refractivity contribution is 6.30.